The molecule has 94 valence electrons. The van der Waals surface area contributed by atoms with Crippen molar-refractivity contribution in [2.75, 3.05) is 33.4 Å². The highest BCUT2D eigenvalue weighted by Gasteiger charge is 2.21. The first-order chi connectivity index (χ1) is 8.29. The molecule has 1 aliphatic rings. The molecule has 2 rings (SSSR count). The Morgan fingerprint density at radius 3 is 2.88 bits per heavy atom. The molecule has 0 saturated carbocycles. The number of hydrogen-bond donors (Lipinski definition) is 0. The lowest BCUT2D eigenvalue weighted by atomic mass is 9.97. The fraction of sp³-hybridized carbons (Fsp3) is 0.615. The van der Waals surface area contributed by atoms with Crippen LogP contribution in [-0.4, -0.2) is 44.0 Å². The SMILES string of the molecule is COCC1CCN(CC(=O)c2cccs2)CC1. The Kier molecular flexibility index (Phi) is 4.71. The van der Waals surface area contributed by atoms with Crippen molar-refractivity contribution in [2.45, 2.75) is 12.8 Å². The number of carbonyl (C=O) groups is 1. The van der Waals surface area contributed by atoms with Gasteiger partial charge in [0.2, 0.25) is 0 Å². The summed E-state index contributed by atoms with van der Waals surface area (Å²) in [5.41, 5.74) is 0. The molecule has 1 aromatic heterocycles. The van der Waals surface area contributed by atoms with Crippen LogP contribution in [0.3, 0.4) is 0 Å². The number of hydrogen-bond acceptors (Lipinski definition) is 4. The topological polar surface area (TPSA) is 29.5 Å². The lowest BCUT2D eigenvalue weighted by Gasteiger charge is -2.30. The lowest BCUT2D eigenvalue weighted by molar-refractivity contribution is 0.0813. The summed E-state index contributed by atoms with van der Waals surface area (Å²) in [6.07, 6.45) is 2.29. The number of methoxy groups -OCH3 is 1. The fourth-order valence-corrected chi connectivity index (χ4v) is 2.92. The molecule has 1 aromatic rings. The van der Waals surface area contributed by atoms with Crippen LogP contribution < -0.4 is 0 Å². The second-order valence-corrected chi connectivity index (χ2v) is 5.52. The lowest BCUT2D eigenvalue weighted by Crippen LogP contribution is -2.38. The van der Waals surface area contributed by atoms with E-state index < -0.39 is 0 Å². The van der Waals surface area contributed by atoms with E-state index in [-0.39, 0.29) is 5.78 Å². The van der Waals surface area contributed by atoms with Crippen molar-refractivity contribution in [3.8, 4) is 0 Å². The van der Waals surface area contributed by atoms with E-state index in [0.29, 0.717) is 12.5 Å². The first kappa shape index (κ1) is 12.7. The molecule has 0 spiro atoms. The molecule has 0 atom stereocenters. The molecule has 1 aliphatic heterocycles. The van der Waals surface area contributed by atoms with Gasteiger partial charge in [0, 0.05) is 13.7 Å². The number of likely N-dealkylation sites (tertiary alicyclic amines) is 1. The van der Waals surface area contributed by atoms with Crippen molar-refractivity contribution in [3.63, 3.8) is 0 Å². The maximum atomic E-state index is 11.9. The molecule has 1 fully saturated rings. The molecular weight excluding hydrogens is 234 g/mol. The number of rotatable bonds is 5. The third-order valence-electron chi connectivity index (χ3n) is 3.27. The summed E-state index contributed by atoms with van der Waals surface area (Å²) in [5, 5.41) is 1.96. The van der Waals surface area contributed by atoms with Crippen molar-refractivity contribution in [1.29, 1.82) is 0 Å². The molecular formula is C13H19NO2S. The number of Topliss-reactive ketones (excluding diaryl/α,β-unsaturated/α-hetero) is 1. The minimum Gasteiger partial charge on any atom is -0.384 e. The molecule has 0 aliphatic carbocycles. The highest BCUT2D eigenvalue weighted by molar-refractivity contribution is 7.12. The fourth-order valence-electron chi connectivity index (χ4n) is 2.27. The van der Waals surface area contributed by atoms with E-state index in [1.165, 1.54) is 11.3 Å². The molecule has 0 amide bonds. The van der Waals surface area contributed by atoms with Gasteiger partial charge in [-0.1, -0.05) is 6.07 Å². The van der Waals surface area contributed by atoms with E-state index in [4.69, 9.17) is 4.74 Å². The summed E-state index contributed by atoms with van der Waals surface area (Å²) < 4.78 is 5.17. The smallest absolute Gasteiger partial charge is 0.186 e. The summed E-state index contributed by atoms with van der Waals surface area (Å²) in [5.74, 6) is 0.929. The van der Waals surface area contributed by atoms with Gasteiger partial charge in [-0.05, 0) is 43.3 Å². The Morgan fingerprint density at radius 1 is 1.53 bits per heavy atom. The van der Waals surface area contributed by atoms with Gasteiger partial charge in [-0.25, -0.2) is 0 Å². The van der Waals surface area contributed by atoms with Gasteiger partial charge in [0.05, 0.1) is 11.4 Å². The molecule has 0 N–H and O–H groups in total. The van der Waals surface area contributed by atoms with Crippen molar-refractivity contribution in [3.05, 3.63) is 22.4 Å². The van der Waals surface area contributed by atoms with Crippen LogP contribution in [0.5, 0.6) is 0 Å². The molecule has 1 saturated heterocycles. The third kappa shape index (κ3) is 3.63. The van der Waals surface area contributed by atoms with Gasteiger partial charge in [0.1, 0.15) is 0 Å². The van der Waals surface area contributed by atoms with Crippen LogP contribution in [0.2, 0.25) is 0 Å². The number of ether oxygens (including phenoxy) is 1. The molecule has 0 bridgehead atoms. The maximum Gasteiger partial charge on any atom is 0.186 e. The second-order valence-electron chi connectivity index (χ2n) is 4.58. The van der Waals surface area contributed by atoms with Crippen LogP contribution in [-0.2, 0) is 4.74 Å². The Labute approximate surface area is 106 Å². The zero-order valence-corrected chi connectivity index (χ0v) is 11.0. The Balaban J connectivity index is 1.76. The average molecular weight is 253 g/mol. The second kappa shape index (κ2) is 6.28. The summed E-state index contributed by atoms with van der Waals surface area (Å²) in [7, 11) is 1.76. The number of carbonyl (C=O) groups excluding carboxylic acids is 1. The van der Waals surface area contributed by atoms with Gasteiger partial charge in [0.25, 0.3) is 0 Å². The number of piperidine rings is 1. The van der Waals surface area contributed by atoms with Crippen molar-refractivity contribution in [2.24, 2.45) is 5.92 Å². The standard InChI is InChI=1S/C13H19NO2S/c1-16-10-11-4-6-14(7-5-11)9-12(15)13-3-2-8-17-13/h2-3,8,11H,4-7,9-10H2,1H3. The van der Waals surface area contributed by atoms with E-state index in [9.17, 15) is 4.79 Å². The minimum atomic E-state index is 0.255. The van der Waals surface area contributed by atoms with E-state index >= 15 is 0 Å². The summed E-state index contributed by atoms with van der Waals surface area (Å²) in [4.78, 5) is 15.1. The highest BCUT2D eigenvalue weighted by Crippen LogP contribution is 2.18. The predicted octanol–water partition coefficient (Wildman–Crippen LogP) is 2.29. The summed E-state index contributed by atoms with van der Waals surface area (Å²) in [6.45, 7) is 3.46. The van der Waals surface area contributed by atoms with E-state index in [0.717, 1.165) is 37.4 Å². The zero-order chi connectivity index (χ0) is 12.1. The van der Waals surface area contributed by atoms with Gasteiger partial charge >= 0.3 is 0 Å². The average Bonchev–Trinajstić information content (AvgIpc) is 2.86. The summed E-state index contributed by atoms with van der Waals surface area (Å²) in [6, 6.07) is 3.84. The Morgan fingerprint density at radius 2 is 2.29 bits per heavy atom. The first-order valence-electron chi connectivity index (χ1n) is 6.07. The third-order valence-corrected chi connectivity index (χ3v) is 4.18. The highest BCUT2D eigenvalue weighted by atomic mass is 32.1. The van der Waals surface area contributed by atoms with Gasteiger partial charge in [0.15, 0.2) is 5.78 Å². The maximum absolute atomic E-state index is 11.9. The van der Waals surface area contributed by atoms with E-state index in [1.54, 1.807) is 7.11 Å². The monoisotopic (exact) mass is 253 g/mol. The molecule has 17 heavy (non-hydrogen) atoms. The summed E-state index contributed by atoms with van der Waals surface area (Å²) >= 11 is 1.53. The van der Waals surface area contributed by atoms with Crippen molar-refractivity contribution in [1.82, 2.24) is 4.90 Å². The number of thiophene rings is 1. The van der Waals surface area contributed by atoms with Crippen LogP contribution in [0, 0.1) is 5.92 Å². The van der Waals surface area contributed by atoms with Crippen LogP contribution in [0.25, 0.3) is 0 Å². The molecule has 4 heteroatoms. The van der Waals surface area contributed by atoms with Gasteiger partial charge in [-0.3, -0.25) is 9.69 Å². The Hall–Kier alpha value is -0.710. The van der Waals surface area contributed by atoms with Crippen molar-refractivity contribution >= 4 is 17.1 Å². The van der Waals surface area contributed by atoms with E-state index in [2.05, 4.69) is 4.90 Å². The molecule has 3 nitrogen and oxygen atoms in total. The largest absolute Gasteiger partial charge is 0.384 e. The van der Waals surface area contributed by atoms with Crippen molar-refractivity contribution < 1.29 is 9.53 Å². The normalized spacial score (nSPS) is 18.4. The quantitative estimate of drug-likeness (QED) is 0.754. The molecule has 0 unspecified atom stereocenters. The van der Waals surface area contributed by atoms with Crippen LogP contribution in [0.1, 0.15) is 22.5 Å². The molecule has 0 aromatic carbocycles. The zero-order valence-electron chi connectivity index (χ0n) is 10.2. The van der Waals surface area contributed by atoms with E-state index in [1.807, 2.05) is 17.5 Å². The van der Waals surface area contributed by atoms with Crippen LogP contribution in [0.15, 0.2) is 17.5 Å². The van der Waals surface area contributed by atoms with Crippen LogP contribution >= 0.6 is 11.3 Å². The Bertz CT molecular complexity index is 342. The number of ketones is 1. The molecule has 0 radical (unpaired) electrons. The first-order valence-corrected chi connectivity index (χ1v) is 6.95. The van der Waals surface area contributed by atoms with Gasteiger partial charge < -0.3 is 4.74 Å². The molecule has 2 heterocycles. The van der Waals surface area contributed by atoms with Gasteiger partial charge in [-0.2, -0.15) is 0 Å². The minimum absolute atomic E-state index is 0.255. The van der Waals surface area contributed by atoms with Gasteiger partial charge in [-0.15, -0.1) is 11.3 Å². The number of nitrogens with zero attached hydrogens (tertiary/aromatic N) is 1. The predicted molar refractivity (Wildman–Crippen MR) is 69.7 cm³/mol. The van der Waals surface area contributed by atoms with Crippen LogP contribution in [0.4, 0.5) is 0 Å².